The molecule has 7 nitrogen and oxygen atoms in total. The van der Waals surface area contributed by atoms with E-state index in [0.717, 1.165) is 11.1 Å². The number of rotatable bonds is 8. The standard InChI is InChI=1S/C22H24N4O3/c1-25(15-18-10-7-11-20(28-2)22(18)29-3)21(27)13-12-19-16-26(24-23-19)14-17-8-5-4-6-9-17/h4-13,16H,14-15H2,1-3H3. The van der Waals surface area contributed by atoms with E-state index in [1.807, 2.05) is 54.7 Å². The number of para-hydroxylation sites is 1. The zero-order valence-corrected chi connectivity index (χ0v) is 16.8. The predicted molar refractivity (Wildman–Crippen MR) is 111 cm³/mol. The van der Waals surface area contributed by atoms with Crippen molar-refractivity contribution in [3.8, 4) is 11.5 Å². The Hall–Kier alpha value is -3.61. The number of ether oxygens (including phenoxy) is 2. The second-order valence-corrected chi connectivity index (χ2v) is 6.51. The summed E-state index contributed by atoms with van der Waals surface area (Å²) in [6.07, 6.45) is 4.96. The average Bonchev–Trinajstić information content (AvgIpc) is 3.19. The third-order valence-electron chi connectivity index (χ3n) is 4.41. The zero-order chi connectivity index (χ0) is 20.6. The van der Waals surface area contributed by atoms with Crippen molar-refractivity contribution in [3.63, 3.8) is 0 Å². The largest absolute Gasteiger partial charge is 0.493 e. The SMILES string of the molecule is COc1cccc(CN(C)C(=O)C=Cc2cn(Cc3ccccc3)nn2)c1OC. The summed E-state index contributed by atoms with van der Waals surface area (Å²) in [5, 5.41) is 8.20. The van der Waals surface area contributed by atoms with Crippen LogP contribution >= 0.6 is 0 Å². The molecule has 3 rings (SSSR count). The van der Waals surface area contributed by atoms with Crippen LogP contribution in [0.2, 0.25) is 0 Å². The number of carbonyl (C=O) groups is 1. The highest BCUT2D eigenvalue weighted by Gasteiger charge is 2.13. The maximum atomic E-state index is 12.5. The van der Waals surface area contributed by atoms with E-state index in [4.69, 9.17) is 9.47 Å². The molecular formula is C22H24N4O3. The van der Waals surface area contributed by atoms with E-state index in [-0.39, 0.29) is 5.91 Å². The van der Waals surface area contributed by atoms with Gasteiger partial charge in [-0.3, -0.25) is 4.79 Å². The Labute approximate surface area is 170 Å². The van der Waals surface area contributed by atoms with Gasteiger partial charge in [-0.2, -0.15) is 0 Å². The second-order valence-electron chi connectivity index (χ2n) is 6.51. The first-order valence-electron chi connectivity index (χ1n) is 9.18. The summed E-state index contributed by atoms with van der Waals surface area (Å²) in [5.74, 6) is 1.12. The third-order valence-corrected chi connectivity index (χ3v) is 4.41. The van der Waals surface area contributed by atoms with E-state index in [1.165, 1.54) is 6.08 Å². The van der Waals surface area contributed by atoms with Crippen LogP contribution < -0.4 is 9.47 Å². The number of benzene rings is 2. The van der Waals surface area contributed by atoms with Gasteiger partial charge in [0.2, 0.25) is 5.91 Å². The maximum Gasteiger partial charge on any atom is 0.246 e. The minimum absolute atomic E-state index is 0.146. The molecule has 150 valence electrons. The van der Waals surface area contributed by atoms with Gasteiger partial charge >= 0.3 is 0 Å². The van der Waals surface area contributed by atoms with Crippen LogP contribution in [0, 0.1) is 0 Å². The van der Waals surface area contributed by atoms with Gasteiger partial charge in [0.25, 0.3) is 0 Å². The number of methoxy groups -OCH3 is 2. The molecule has 0 aliphatic rings. The lowest BCUT2D eigenvalue weighted by molar-refractivity contribution is -0.125. The molecule has 3 aromatic rings. The minimum atomic E-state index is -0.146. The number of amides is 1. The fraction of sp³-hybridized carbons (Fsp3) is 0.227. The van der Waals surface area contributed by atoms with Crippen LogP contribution in [0.4, 0.5) is 0 Å². The molecule has 0 unspecified atom stereocenters. The number of hydrogen-bond donors (Lipinski definition) is 0. The molecule has 0 radical (unpaired) electrons. The summed E-state index contributed by atoms with van der Waals surface area (Å²) in [6, 6.07) is 15.6. The summed E-state index contributed by atoms with van der Waals surface area (Å²) >= 11 is 0. The molecule has 0 bridgehead atoms. The molecule has 1 heterocycles. The van der Waals surface area contributed by atoms with Gasteiger partial charge in [0.05, 0.1) is 27.0 Å². The van der Waals surface area contributed by atoms with Crippen molar-refractivity contribution in [2.75, 3.05) is 21.3 Å². The summed E-state index contributed by atoms with van der Waals surface area (Å²) in [6.45, 7) is 1.02. The highest BCUT2D eigenvalue weighted by Crippen LogP contribution is 2.31. The van der Waals surface area contributed by atoms with Crippen molar-refractivity contribution < 1.29 is 14.3 Å². The first kappa shape index (κ1) is 20.1. The number of likely N-dealkylation sites (N-methyl/N-ethyl adjacent to an activating group) is 1. The van der Waals surface area contributed by atoms with E-state index < -0.39 is 0 Å². The Morgan fingerprint density at radius 1 is 1.10 bits per heavy atom. The molecule has 0 saturated heterocycles. The Morgan fingerprint density at radius 2 is 1.90 bits per heavy atom. The van der Waals surface area contributed by atoms with Gasteiger partial charge in [-0.05, 0) is 17.7 Å². The van der Waals surface area contributed by atoms with Crippen LogP contribution in [-0.4, -0.2) is 47.1 Å². The van der Waals surface area contributed by atoms with Crippen LogP contribution in [0.5, 0.6) is 11.5 Å². The molecule has 1 amide bonds. The van der Waals surface area contributed by atoms with E-state index in [9.17, 15) is 4.79 Å². The first-order chi connectivity index (χ1) is 14.1. The second kappa shape index (κ2) is 9.54. The van der Waals surface area contributed by atoms with Crippen molar-refractivity contribution in [1.29, 1.82) is 0 Å². The van der Waals surface area contributed by atoms with Crippen LogP contribution in [0.3, 0.4) is 0 Å². The van der Waals surface area contributed by atoms with Crippen molar-refractivity contribution in [2.45, 2.75) is 13.1 Å². The van der Waals surface area contributed by atoms with Gasteiger partial charge < -0.3 is 14.4 Å². The molecule has 0 saturated carbocycles. The fourth-order valence-electron chi connectivity index (χ4n) is 2.93. The monoisotopic (exact) mass is 392 g/mol. The quantitative estimate of drug-likeness (QED) is 0.551. The van der Waals surface area contributed by atoms with E-state index in [0.29, 0.717) is 30.3 Å². The molecule has 0 spiro atoms. The Morgan fingerprint density at radius 3 is 2.62 bits per heavy atom. The number of nitrogens with zero attached hydrogens (tertiary/aromatic N) is 4. The number of carbonyl (C=O) groups excluding carboxylic acids is 1. The molecule has 0 aliphatic carbocycles. The molecule has 0 N–H and O–H groups in total. The lowest BCUT2D eigenvalue weighted by Gasteiger charge is -2.18. The number of aromatic nitrogens is 3. The minimum Gasteiger partial charge on any atom is -0.493 e. The van der Waals surface area contributed by atoms with Crippen molar-refractivity contribution >= 4 is 12.0 Å². The van der Waals surface area contributed by atoms with Crippen molar-refractivity contribution in [1.82, 2.24) is 19.9 Å². The topological polar surface area (TPSA) is 69.5 Å². The van der Waals surface area contributed by atoms with Gasteiger partial charge in [-0.1, -0.05) is 47.7 Å². The normalized spacial score (nSPS) is 10.9. The Kier molecular flexibility index (Phi) is 6.63. The summed E-state index contributed by atoms with van der Waals surface area (Å²) in [4.78, 5) is 14.1. The zero-order valence-electron chi connectivity index (χ0n) is 16.8. The van der Waals surface area contributed by atoms with Crippen LogP contribution in [-0.2, 0) is 17.9 Å². The molecule has 29 heavy (non-hydrogen) atoms. The Bertz CT molecular complexity index is 983. The average molecular weight is 392 g/mol. The van der Waals surface area contributed by atoms with Gasteiger partial charge in [0, 0.05) is 25.2 Å². The fourth-order valence-corrected chi connectivity index (χ4v) is 2.93. The number of hydrogen-bond acceptors (Lipinski definition) is 5. The van der Waals surface area contributed by atoms with Crippen molar-refractivity contribution in [2.24, 2.45) is 0 Å². The molecule has 0 atom stereocenters. The van der Waals surface area contributed by atoms with Crippen LogP contribution in [0.1, 0.15) is 16.8 Å². The molecule has 2 aromatic carbocycles. The Balaban J connectivity index is 1.62. The highest BCUT2D eigenvalue weighted by atomic mass is 16.5. The lowest BCUT2D eigenvalue weighted by atomic mass is 10.1. The van der Waals surface area contributed by atoms with Gasteiger partial charge in [-0.25, -0.2) is 4.68 Å². The molecule has 0 aliphatic heterocycles. The smallest absolute Gasteiger partial charge is 0.246 e. The first-order valence-corrected chi connectivity index (χ1v) is 9.18. The van der Waals surface area contributed by atoms with Crippen LogP contribution in [0.15, 0.2) is 60.8 Å². The van der Waals surface area contributed by atoms with E-state index >= 15 is 0 Å². The lowest BCUT2D eigenvalue weighted by Crippen LogP contribution is -2.24. The highest BCUT2D eigenvalue weighted by molar-refractivity contribution is 5.91. The molecule has 0 fully saturated rings. The molecule has 7 heteroatoms. The van der Waals surface area contributed by atoms with E-state index in [1.54, 1.807) is 36.9 Å². The summed E-state index contributed by atoms with van der Waals surface area (Å²) in [5.41, 5.74) is 2.63. The summed E-state index contributed by atoms with van der Waals surface area (Å²) < 4.78 is 12.5. The third kappa shape index (κ3) is 5.22. The van der Waals surface area contributed by atoms with E-state index in [2.05, 4.69) is 10.3 Å². The van der Waals surface area contributed by atoms with Gasteiger partial charge in [0.1, 0.15) is 5.69 Å². The summed E-state index contributed by atoms with van der Waals surface area (Å²) in [7, 11) is 4.91. The van der Waals surface area contributed by atoms with Crippen LogP contribution in [0.25, 0.3) is 6.08 Å². The predicted octanol–water partition coefficient (Wildman–Crippen LogP) is 3.02. The molecule has 1 aromatic heterocycles. The van der Waals surface area contributed by atoms with Gasteiger partial charge in [-0.15, -0.1) is 5.10 Å². The molecular weight excluding hydrogens is 368 g/mol. The van der Waals surface area contributed by atoms with Crippen molar-refractivity contribution in [3.05, 3.63) is 77.6 Å². The van der Waals surface area contributed by atoms with Gasteiger partial charge in [0.15, 0.2) is 11.5 Å². The maximum absolute atomic E-state index is 12.5.